The SMILES string of the molecule is Cc1ccc(-c2csc3nc(-c4ccc(C(C)(C)C)cc4)oc(=O)c23)cc1. The number of rotatable bonds is 2. The van der Waals surface area contributed by atoms with E-state index >= 15 is 0 Å². The second kappa shape index (κ2) is 6.46. The van der Waals surface area contributed by atoms with Gasteiger partial charge in [-0.2, -0.15) is 0 Å². The van der Waals surface area contributed by atoms with Crippen LogP contribution in [0.4, 0.5) is 0 Å². The molecule has 0 aliphatic rings. The third-order valence-electron chi connectivity index (χ3n) is 4.73. The van der Waals surface area contributed by atoms with Crippen molar-refractivity contribution in [1.82, 2.24) is 4.98 Å². The van der Waals surface area contributed by atoms with Crippen molar-refractivity contribution in [3.05, 3.63) is 75.5 Å². The molecule has 2 heterocycles. The Bertz CT molecular complexity index is 1160. The number of hydrogen-bond donors (Lipinski definition) is 0. The Morgan fingerprint density at radius 2 is 1.56 bits per heavy atom. The predicted molar refractivity (Wildman–Crippen MR) is 112 cm³/mol. The van der Waals surface area contributed by atoms with Crippen LogP contribution in [0, 0.1) is 6.92 Å². The summed E-state index contributed by atoms with van der Waals surface area (Å²) in [5, 5.41) is 2.53. The first kappa shape index (κ1) is 17.7. The highest BCUT2D eigenvalue weighted by atomic mass is 32.1. The maximum atomic E-state index is 12.7. The summed E-state index contributed by atoms with van der Waals surface area (Å²) in [5.74, 6) is 0.366. The monoisotopic (exact) mass is 375 g/mol. The van der Waals surface area contributed by atoms with Crippen molar-refractivity contribution in [2.45, 2.75) is 33.1 Å². The molecule has 0 unspecified atom stereocenters. The van der Waals surface area contributed by atoms with Gasteiger partial charge in [0.2, 0.25) is 5.89 Å². The van der Waals surface area contributed by atoms with Crippen molar-refractivity contribution in [2.24, 2.45) is 0 Å². The van der Waals surface area contributed by atoms with Crippen LogP contribution in [0.15, 0.2) is 63.1 Å². The van der Waals surface area contributed by atoms with Crippen LogP contribution in [0.5, 0.6) is 0 Å². The zero-order valence-electron chi connectivity index (χ0n) is 15.9. The van der Waals surface area contributed by atoms with Crippen molar-refractivity contribution in [1.29, 1.82) is 0 Å². The van der Waals surface area contributed by atoms with Crippen molar-refractivity contribution in [3.8, 4) is 22.6 Å². The zero-order chi connectivity index (χ0) is 19.2. The van der Waals surface area contributed by atoms with Gasteiger partial charge >= 0.3 is 5.63 Å². The first-order chi connectivity index (χ1) is 12.8. The summed E-state index contributed by atoms with van der Waals surface area (Å²) < 4.78 is 5.59. The normalized spacial score (nSPS) is 11.9. The molecule has 4 heteroatoms. The molecule has 0 fully saturated rings. The van der Waals surface area contributed by atoms with Crippen LogP contribution in [0.1, 0.15) is 31.9 Å². The Morgan fingerprint density at radius 1 is 0.926 bits per heavy atom. The minimum absolute atomic E-state index is 0.0768. The van der Waals surface area contributed by atoms with Crippen molar-refractivity contribution in [3.63, 3.8) is 0 Å². The minimum atomic E-state index is -0.341. The Balaban J connectivity index is 1.79. The van der Waals surface area contributed by atoms with Gasteiger partial charge in [0.15, 0.2) is 0 Å². The molecule has 3 nitrogen and oxygen atoms in total. The topological polar surface area (TPSA) is 43.1 Å². The van der Waals surface area contributed by atoms with Gasteiger partial charge in [0.1, 0.15) is 10.2 Å². The number of thiophene rings is 1. The molecule has 4 aromatic rings. The van der Waals surface area contributed by atoms with E-state index in [9.17, 15) is 4.79 Å². The molecule has 2 aromatic carbocycles. The summed E-state index contributed by atoms with van der Waals surface area (Å²) in [4.78, 5) is 18.0. The van der Waals surface area contributed by atoms with Gasteiger partial charge in [-0.15, -0.1) is 11.3 Å². The molecule has 0 amide bonds. The van der Waals surface area contributed by atoms with Crippen LogP contribution in [0.25, 0.3) is 32.8 Å². The number of benzene rings is 2. The van der Waals surface area contributed by atoms with Gasteiger partial charge in [-0.05, 0) is 35.6 Å². The molecule has 136 valence electrons. The quantitative estimate of drug-likeness (QED) is 0.419. The third kappa shape index (κ3) is 3.33. The first-order valence-electron chi connectivity index (χ1n) is 8.93. The zero-order valence-corrected chi connectivity index (χ0v) is 16.7. The fourth-order valence-electron chi connectivity index (χ4n) is 3.06. The van der Waals surface area contributed by atoms with Crippen molar-refractivity contribution < 1.29 is 4.42 Å². The molecule has 0 N–H and O–H groups in total. The standard InChI is InChI=1S/C23H21NO2S/c1-14-5-7-15(8-6-14)18-13-27-21-19(18)22(25)26-20(24-21)16-9-11-17(12-10-16)23(2,3)4/h5-13H,1-4H3. The lowest BCUT2D eigenvalue weighted by Gasteiger charge is -2.18. The lowest BCUT2D eigenvalue weighted by Crippen LogP contribution is -2.10. The van der Waals surface area contributed by atoms with Crippen LogP contribution in [-0.2, 0) is 5.41 Å². The molecule has 27 heavy (non-hydrogen) atoms. The second-order valence-corrected chi connectivity index (χ2v) is 8.69. The summed E-state index contributed by atoms with van der Waals surface area (Å²) in [5.41, 5.74) is 4.85. The Hall–Kier alpha value is -2.72. The summed E-state index contributed by atoms with van der Waals surface area (Å²) in [6, 6.07) is 16.2. The minimum Gasteiger partial charge on any atom is -0.403 e. The van der Waals surface area contributed by atoms with E-state index in [2.05, 4.69) is 37.9 Å². The van der Waals surface area contributed by atoms with Gasteiger partial charge in [-0.25, -0.2) is 9.78 Å². The van der Waals surface area contributed by atoms with E-state index < -0.39 is 0 Å². The molecule has 0 saturated heterocycles. The van der Waals surface area contributed by atoms with E-state index in [1.54, 1.807) is 0 Å². The lowest BCUT2D eigenvalue weighted by atomic mass is 9.87. The molecular formula is C23H21NO2S. The van der Waals surface area contributed by atoms with Crippen LogP contribution < -0.4 is 5.63 Å². The van der Waals surface area contributed by atoms with E-state index in [4.69, 9.17) is 4.42 Å². The molecule has 0 saturated carbocycles. The van der Waals surface area contributed by atoms with Crippen LogP contribution in [-0.4, -0.2) is 4.98 Å². The van der Waals surface area contributed by atoms with E-state index in [0.29, 0.717) is 16.1 Å². The first-order valence-corrected chi connectivity index (χ1v) is 9.81. The molecular weight excluding hydrogens is 354 g/mol. The maximum absolute atomic E-state index is 12.7. The number of hydrogen-bond acceptors (Lipinski definition) is 4. The van der Waals surface area contributed by atoms with E-state index in [0.717, 1.165) is 16.7 Å². The van der Waals surface area contributed by atoms with E-state index in [1.807, 2.05) is 48.7 Å². The van der Waals surface area contributed by atoms with Gasteiger partial charge in [-0.1, -0.05) is 62.7 Å². The van der Waals surface area contributed by atoms with Gasteiger partial charge in [0, 0.05) is 16.5 Å². The van der Waals surface area contributed by atoms with Gasteiger partial charge in [0.25, 0.3) is 0 Å². The maximum Gasteiger partial charge on any atom is 0.348 e. The summed E-state index contributed by atoms with van der Waals surface area (Å²) >= 11 is 1.47. The average Bonchev–Trinajstić information content (AvgIpc) is 3.06. The van der Waals surface area contributed by atoms with Gasteiger partial charge in [-0.3, -0.25) is 0 Å². The van der Waals surface area contributed by atoms with E-state index in [1.165, 1.54) is 22.5 Å². The molecule has 0 aliphatic heterocycles. The number of fused-ring (bicyclic) bond motifs is 1. The van der Waals surface area contributed by atoms with Crippen molar-refractivity contribution in [2.75, 3.05) is 0 Å². The second-order valence-electron chi connectivity index (χ2n) is 7.83. The predicted octanol–water partition coefficient (Wildman–Crippen LogP) is 6.19. The van der Waals surface area contributed by atoms with Crippen molar-refractivity contribution >= 4 is 21.6 Å². The number of aromatic nitrogens is 1. The van der Waals surface area contributed by atoms with Crippen LogP contribution in [0.2, 0.25) is 0 Å². The molecule has 2 aromatic heterocycles. The Kier molecular flexibility index (Phi) is 4.23. The molecule has 0 bridgehead atoms. The fourth-order valence-corrected chi connectivity index (χ4v) is 3.99. The summed E-state index contributed by atoms with van der Waals surface area (Å²) in [6.45, 7) is 8.56. The molecule has 0 atom stereocenters. The summed E-state index contributed by atoms with van der Waals surface area (Å²) in [6.07, 6.45) is 0. The summed E-state index contributed by atoms with van der Waals surface area (Å²) in [7, 11) is 0. The van der Waals surface area contributed by atoms with E-state index in [-0.39, 0.29) is 11.0 Å². The third-order valence-corrected chi connectivity index (χ3v) is 5.60. The van der Waals surface area contributed by atoms with Gasteiger partial charge < -0.3 is 4.42 Å². The number of nitrogens with zero attached hydrogens (tertiary/aromatic N) is 1. The van der Waals surface area contributed by atoms with Crippen LogP contribution in [0.3, 0.4) is 0 Å². The highest BCUT2D eigenvalue weighted by Crippen LogP contribution is 2.33. The highest BCUT2D eigenvalue weighted by molar-refractivity contribution is 7.17. The van der Waals surface area contributed by atoms with Crippen LogP contribution >= 0.6 is 11.3 Å². The molecule has 4 rings (SSSR count). The lowest BCUT2D eigenvalue weighted by molar-refractivity contribution is 0.519. The fraction of sp³-hybridized carbons (Fsp3) is 0.217. The Labute approximate surface area is 162 Å². The highest BCUT2D eigenvalue weighted by Gasteiger charge is 2.17. The largest absolute Gasteiger partial charge is 0.403 e. The molecule has 0 spiro atoms. The number of aryl methyl sites for hydroxylation is 1. The molecule has 0 aliphatic carbocycles. The smallest absolute Gasteiger partial charge is 0.348 e. The Morgan fingerprint density at radius 3 is 2.19 bits per heavy atom. The molecule has 0 radical (unpaired) electrons. The average molecular weight is 375 g/mol. The van der Waals surface area contributed by atoms with Gasteiger partial charge in [0.05, 0.1) is 0 Å².